The van der Waals surface area contributed by atoms with Gasteiger partial charge in [0.05, 0.1) is 34.1 Å². The summed E-state index contributed by atoms with van der Waals surface area (Å²) < 4.78 is 1.94. The van der Waals surface area contributed by atoms with Gasteiger partial charge in [0, 0.05) is 30.2 Å². The van der Waals surface area contributed by atoms with Gasteiger partial charge in [-0.2, -0.15) is 4.98 Å². The van der Waals surface area contributed by atoms with Crippen molar-refractivity contribution in [2.45, 2.75) is 58.4 Å². The molecular formula is C27H33N6O4S+. The van der Waals surface area contributed by atoms with Crippen LogP contribution in [0.5, 0.6) is 0 Å². The van der Waals surface area contributed by atoms with Gasteiger partial charge in [0.1, 0.15) is 16.9 Å². The third kappa shape index (κ3) is 4.78. The molecule has 1 fully saturated rings. The number of fused-ring (bicyclic) bond motifs is 1. The summed E-state index contributed by atoms with van der Waals surface area (Å²) in [5, 5.41) is 48.2. The predicted molar refractivity (Wildman–Crippen MR) is 145 cm³/mol. The smallest absolute Gasteiger partial charge is 0.257 e. The van der Waals surface area contributed by atoms with Crippen molar-refractivity contribution in [2.24, 2.45) is 5.92 Å². The van der Waals surface area contributed by atoms with Crippen molar-refractivity contribution in [3.63, 3.8) is 0 Å². The molecule has 0 saturated heterocycles. The van der Waals surface area contributed by atoms with Gasteiger partial charge in [0.25, 0.3) is 5.69 Å². The maximum atomic E-state index is 10.7. The van der Waals surface area contributed by atoms with E-state index in [4.69, 9.17) is 15.0 Å². The van der Waals surface area contributed by atoms with Crippen molar-refractivity contribution >= 4 is 33.3 Å². The number of nitrogens with zero attached hydrogens (tertiary/aromatic N) is 4. The van der Waals surface area contributed by atoms with Crippen molar-refractivity contribution in [1.29, 1.82) is 0 Å². The number of aliphatic hydroxyl groups is 3. The number of aryl methyl sites for hydroxylation is 3. The van der Waals surface area contributed by atoms with E-state index in [-0.39, 0.29) is 12.6 Å². The Labute approximate surface area is 224 Å². The molecule has 6 N–H and O–H groups in total. The molecule has 5 rings (SSSR count). The fourth-order valence-electron chi connectivity index (χ4n) is 5.14. The molecule has 0 radical (unpaired) electrons. The van der Waals surface area contributed by atoms with Crippen molar-refractivity contribution < 1.29 is 25.3 Å². The summed E-state index contributed by atoms with van der Waals surface area (Å²) in [5.74, 6) is 0.458. The van der Waals surface area contributed by atoms with Crippen LogP contribution in [0, 0.1) is 26.7 Å². The van der Waals surface area contributed by atoms with Crippen LogP contribution in [0.25, 0.3) is 20.8 Å². The number of benzene rings is 1. The van der Waals surface area contributed by atoms with Crippen molar-refractivity contribution in [3.8, 4) is 10.6 Å². The van der Waals surface area contributed by atoms with Gasteiger partial charge in [0.2, 0.25) is 12.1 Å². The van der Waals surface area contributed by atoms with Crippen LogP contribution in [0.3, 0.4) is 0 Å². The van der Waals surface area contributed by atoms with Gasteiger partial charge in [-0.15, -0.1) is 11.3 Å². The number of aromatic nitrogens is 4. The molecule has 0 unspecified atom stereocenters. The van der Waals surface area contributed by atoms with Crippen LogP contribution < -0.4 is 15.4 Å². The summed E-state index contributed by atoms with van der Waals surface area (Å²) in [6.45, 7) is 7.56. The number of hydrogen-bond donors (Lipinski definition) is 6. The topological polar surface area (TPSA) is 148 Å². The lowest BCUT2D eigenvalue weighted by molar-refractivity contribution is -0.907. The zero-order valence-corrected chi connectivity index (χ0v) is 22.6. The number of aliphatic hydroxyl groups excluding tert-OH is 3. The van der Waals surface area contributed by atoms with Crippen LogP contribution >= 0.6 is 11.3 Å². The minimum absolute atomic E-state index is 0.0583. The predicted octanol–water partition coefficient (Wildman–Crippen LogP) is 2.89. The molecule has 200 valence electrons. The van der Waals surface area contributed by atoms with Gasteiger partial charge in [-0.3, -0.25) is 5.21 Å². The lowest BCUT2D eigenvalue weighted by Gasteiger charge is -2.22. The molecule has 0 aliphatic heterocycles. The normalized spacial score (nSPS) is 22.1. The van der Waals surface area contributed by atoms with Gasteiger partial charge < -0.3 is 26.0 Å². The summed E-state index contributed by atoms with van der Waals surface area (Å²) in [7, 11) is 0. The summed E-state index contributed by atoms with van der Waals surface area (Å²) in [5.41, 5.74) is 4.94. The third-order valence-electron chi connectivity index (χ3n) is 7.37. The van der Waals surface area contributed by atoms with Crippen LogP contribution in [0.4, 0.5) is 11.8 Å². The first-order valence-electron chi connectivity index (χ1n) is 12.6. The molecule has 0 bridgehead atoms. The highest BCUT2D eigenvalue weighted by Gasteiger charge is 2.41. The van der Waals surface area contributed by atoms with E-state index in [0.717, 1.165) is 20.6 Å². The van der Waals surface area contributed by atoms with E-state index < -0.39 is 24.2 Å². The minimum atomic E-state index is -1.07. The van der Waals surface area contributed by atoms with Crippen LogP contribution in [-0.4, -0.2) is 60.3 Å². The second kappa shape index (κ2) is 10.4. The van der Waals surface area contributed by atoms with E-state index in [1.165, 1.54) is 11.3 Å². The highest BCUT2D eigenvalue weighted by atomic mass is 32.1. The van der Waals surface area contributed by atoms with E-state index in [9.17, 15) is 20.5 Å². The minimum Gasteiger partial charge on any atom is -0.396 e. The SMILES string of the molecule is Cc1ccccc1[C@@H](C)Nc1nc(C)c(-c2nc3c(C)[n+](O)ccc3s2)c(N[C@@H]2C[C@H](CO)[C@@H](O)[C@H]2O)n1. The van der Waals surface area contributed by atoms with Crippen molar-refractivity contribution in [1.82, 2.24) is 15.0 Å². The maximum Gasteiger partial charge on any atom is 0.257 e. The number of nitrogens with one attached hydrogen (secondary N) is 2. The molecule has 5 atom stereocenters. The Morgan fingerprint density at radius 3 is 2.55 bits per heavy atom. The summed E-state index contributed by atoms with van der Waals surface area (Å²) in [6.07, 6.45) is -0.142. The summed E-state index contributed by atoms with van der Waals surface area (Å²) in [6, 6.07) is 9.35. The second-order valence-electron chi connectivity index (χ2n) is 9.97. The lowest BCUT2D eigenvalue weighted by Crippen LogP contribution is -2.35. The molecule has 10 nitrogen and oxygen atoms in total. The molecule has 1 saturated carbocycles. The average Bonchev–Trinajstić information content (AvgIpc) is 3.43. The molecule has 0 amide bonds. The number of thiazole rings is 1. The van der Waals surface area contributed by atoms with Gasteiger partial charge in [0.15, 0.2) is 5.52 Å². The molecule has 11 heteroatoms. The fourth-order valence-corrected chi connectivity index (χ4v) is 6.25. The molecule has 3 heterocycles. The molecular weight excluding hydrogens is 504 g/mol. The third-order valence-corrected chi connectivity index (χ3v) is 8.41. The standard InChI is InChI=1S/C27H33N6O4S/c1-13-7-5-6-8-18(13)14(2)28-27-29-15(3)21(26-31-22-16(4)33(37)10-9-20(22)38-26)25(32-27)30-19-11-17(12-34)23(35)24(19)36/h5-10,14,17,19,23-24,34-37H,11-12H2,1-4H3,(H2,28,29,30,32)/q+1/t14-,17-,19-,23-,24+/m1/s1. The number of anilines is 2. The van der Waals surface area contributed by atoms with Gasteiger partial charge in [-0.1, -0.05) is 24.3 Å². The first-order valence-corrected chi connectivity index (χ1v) is 13.4. The van der Waals surface area contributed by atoms with E-state index in [1.54, 1.807) is 19.2 Å². The maximum absolute atomic E-state index is 10.7. The molecule has 1 aliphatic rings. The van der Waals surface area contributed by atoms with E-state index in [1.807, 2.05) is 26.0 Å². The van der Waals surface area contributed by atoms with E-state index in [0.29, 0.717) is 45.7 Å². The molecule has 0 spiro atoms. The summed E-state index contributed by atoms with van der Waals surface area (Å²) >= 11 is 1.46. The average molecular weight is 538 g/mol. The van der Waals surface area contributed by atoms with E-state index in [2.05, 4.69) is 29.7 Å². The van der Waals surface area contributed by atoms with Crippen molar-refractivity contribution in [3.05, 3.63) is 59.0 Å². The number of rotatable bonds is 7. The van der Waals surface area contributed by atoms with Crippen LogP contribution in [0.1, 0.15) is 41.9 Å². The Bertz CT molecular complexity index is 1480. The Hall–Kier alpha value is -3.38. The quantitative estimate of drug-likeness (QED) is 0.155. The van der Waals surface area contributed by atoms with Crippen molar-refractivity contribution in [2.75, 3.05) is 17.2 Å². The molecule has 3 aromatic heterocycles. The van der Waals surface area contributed by atoms with E-state index >= 15 is 0 Å². The van der Waals surface area contributed by atoms with Gasteiger partial charge >= 0.3 is 0 Å². The highest BCUT2D eigenvalue weighted by molar-refractivity contribution is 7.21. The molecule has 4 aromatic rings. The Kier molecular flexibility index (Phi) is 7.19. The fraction of sp³-hybridized carbons (Fsp3) is 0.407. The zero-order chi connectivity index (χ0) is 27.1. The van der Waals surface area contributed by atoms with Crippen LogP contribution in [0.2, 0.25) is 0 Å². The first-order chi connectivity index (χ1) is 18.2. The second-order valence-corrected chi connectivity index (χ2v) is 11.0. The number of pyridine rings is 1. The summed E-state index contributed by atoms with van der Waals surface area (Å²) in [4.78, 5) is 14.4. The van der Waals surface area contributed by atoms with Crippen LogP contribution in [0.15, 0.2) is 36.5 Å². The largest absolute Gasteiger partial charge is 0.396 e. The monoisotopic (exact) mass is 537 g/mol. The lowest BCUT2D eigenvalue weighted by atomic mass is 10.0. The zero-order valence-electron chi connectivity index (χ0n) is 21.8. The Balaban J connectivity index is 1.57. The highest BCUT2D eigenvalue weighted by Crippen LogP contribution is 2.38. The number of hydrogen-bond acceptors (Lipinski definition) is 10. The molecule has 38 heavy (non-hydrogen) atoms. The van der Waals surface area contributed by atoms with Gasteiger partial charge in [-0.25, -0.2) is 9.97 Å². The molecule has 1 aromatic carbocycles. The van der Waals surface area contributed by atoms with Crippen LogP contribution in [-0.2, 0) is 0 Å². The Morgan fingerprint density at radius 1 is 1.08 bits per heavy atom. The molecule has 1 aliphatic carbocycles. The van der Waals surface area contributed by atoms with Gasteiger partial charge in [-0.05, 0) is 38.3 Å². The Morgan fingerprint density at radius 2 is 1.84 bits per heavy atom. The first kappa shape index (κ1) is 26.2.